The second kappa shape index (κ2) is 10.7. The van der Waals surface area contributed by atoms with Gasteiger partial charge < -0.3 is 9.47 Å². The molecule has 8 nitrogen and oxygen atoms in total. The molecule has 0 bridgehead atoms. The van der Waals surface area contributed by atoms with Crippen molar-refractivity contribution in [2.75, 3.05) is 20.3 Å². The van der Waals surface area contributed by atoms with E-state index in [0.29, 0.717) is 34.2 Å². The Kier molecular flexibility index (Phi) is 7.14. The summed E-state index contributed by atoms with van der Waals surface area (Å²) < 4.78 is 12.7. The number of hydrogen-bond donors (Lipinski definition) is 0. The Labute approximate surface area is 225 Å². The quantitative estimate of drug-likeness (QED) is 0.331. The smallest absolute Gasteiger partial charge is 0.271 e. The van der Waals surface area contributed by atoms with Gasteiger partial charge in [-0.05, 0) is 61.7 Å². The number of methoxy groups -OCH3 is 1. The number of amides is 2. The predicted octanol–water partition coefficient (Wildman–Crippen LogP) is 4.97. The van der Waals surface area contributed by atoms with E-state index in [1.165, 1.54) is 0 Å². The highest BCUT2D eigenvalue weighted by atomic mass is 35.5. The van der Waals surface area contributed by atoms with E-state index in [1.807, 2.05) is 48.7 Å². The molecule has 0 spiro atoms. The number of imide groups is 1. The molecule has 0 saturated carbocycles. The average Bonchev–Trinajstić information content (AvgIpc) is 3.60. The van der Waals surface area contributed by atoms with Gasteiger partial charge in [0.15, 0.2) is 0 Å². The summed E-state index contributed by atoms with van der Waals surface area (Å²) in [5.41, 5.74) is 3.28. The first-order valence-corrected chi connectivity index (χ1v) is 12.6. The lowest BCUT2D eigenvalue weighted by molar-refractivity contribution is -0.142. The third-order valence-corrected chi connectivity index (χ3v) is 7.02. The van der Waals surface area contributed by atoms with Gasteiger partial charge >= 0.3 is 0 Å². The summed E-state index contributed by atoms with van der Waals surface area (Å²) in [6, 6.07) is 16.9. The van der Waals surface area contributed by atoms with E-state index in [9.17, 15) is 14.9 Å². The van der Waals surface area contributed by atoms with Gasteiger partial charge in [-0.3, -0.25) is 14.5 Å². The van der Waals surface area contributed by atoms with Crippen LogP contribution in [0.5, 0.6) is 5.75 Å². The lowest BCUT2D eigenvalue weighted by atomic mass is 9.93. The van der Waals surface area contributed by atoms with Gasteiger partial charge in [0.25, 0.3) is 11.8 Å². The van der Waals surface area contributed by atoms with E-state index >= 15 is 0 Å². The van der Waals surface area contributed by atoms with Crippen molar-refractivity contribution in [1.29, 1.82) is 5.26 Å². The number of halogens is 1. The standard InChI is InChI=1S/C29H25ClN4O4/c1-18-23(28(35)33(29(36)24(18)15-31)17-22-9-6-12-38-22)13-20-16-34(21-7-4-3-5-8-21)32-27(20)19-10-11-26(37-2)25(30)14-19/h3-5,7-8,10-11,13-14,16,22H,6,9,12,17H2,1-2H3/b23-13+. The van der Waals surface area contributed by atoms with Gasteiger partial charge in [0.2, 0.25) is 0 Å². The van der Waals surface area contributed by atoms with E-state index in [-0.39, 0.29) is 23.8 Å². The van der Waals surface area contributed by atoms with Crippen LogP contribution < -0.4 is 4.74 Å². The molecule has 0 radical (unpaired) electrons. The fourth-order valence-electron chi connectivity index (χ4n) is 4.69. The number of hydrogen-bond acceptors (Lipinski definition) is 6. The van der Waals surface area contributed by atoms with E-state index in [0.717, 1.165) is 29.0 Å². The largest absolute Gasteiger partial charge is 0.495 e. The lowest BCUT2D eigenvalue weighted by Crippen LogP contribution is -2.46. The molecule has 9 heteroatoms. The minimum Gasteiger partial charge on any atom is -0.495 e. The highest BCUT2D eigenvalue weighted by Crippen LogP contribution is 2.34. The van der Waals surface area contributed by atoms with Crippen LogP contribution in [-0.4, -0.2) is 52.9 Å². The molecule has 2 aromatic carbocycles. The molecule has 38 heavy (non-hydrogen) atoms. The molecule has 5 rings (SSSR count). The molecule has 3 aromatic rings. The molecule has 1 unspecified atom stereocenters. The van der Waals surface area contributed by atoms with Crippen LogP contribution in [0.25, 0.3) is 23.0 Å². The Hall–Kier alpha value is -4.19. The summed E-state index contributed by atoms with van der Waals surface area (Å²) in [7, 11) is 1.54. The zero-order valence-electron chi connectivity index (χ0n) is 21.0. The maximum absolute atomic E-state index is 13.6. The van der Waals surface area contributed by atoms with Gasteiger partial charge in [0.1, 0.15) is 23.1 Å². The first-order valence-electron chi connectivity index (χ1n) is 12.2. The number of carbonyl (C=O) groups excluding carboxylic acids is 2. The Bertz CT molecular complexity index is 1510. The molecule has 1 fully saturated rings. The topological polar surface area (TPSA) is 97.4 Å². The maximum Gasteiger partial charge on any atom is 0.271 e. The van der Waals surface area contributed by atoms with Gasteiger partial charge in [-0.1, -0.05) is 29.8 Å². The zero-order valence-corrected chi connectivity index (χ0v) is 21.7. The Balaban J connectivity index is 1.65. The zero-order chi connectivity index (χ0) is 26.8. The van der Waals surface area contributed by atoms with Crippen molar-refractivity contribution in [3.63, 3.8) is 0 Å². The number of para-hydroxylation sites is 1. The number of rotatable bonds is 6. The second-order valence-corrected chi connectivity index (χ2v) is 9.50. The van der Waals surface area contributed by atoms with Crippen LogP contribution in [-0.2, 0) is 14.3 Å². The molecule has 1 atom stereocenters. The van der Waals surface area contributed by atoms with Gasteiger partial charge in [-0.15, -0.1) is 0 Å². The van der Waals surface area contributed by atoms with Crippen LogP contribution in [0.1, 0.15) is 25.3 Å². The van der Waals surface area contributed by atoms with Crippen molar-refractivity contribution >= 4 is 29.5 Å². The van der Waals surface area contributed by atoms with Crippen molar-refractivity contribution in [3.05, 3.63) is 82.0 Å². The van der Waals surface area contributed by atoms with Gasteiger partial charge in [0.05, 0.1) is 30.5 Å². The summed E-state index contributed by atoms with van der Waals surface area (Å²) in [6.07, 6.45) is 4.89. The number of carbonyl (C=O) groups is 2. The summed E-state index contributed by atoms with van der Waals surface area (Å²) in [5, 5.41) is 15.0. The SMILES string of the molecule is COc1ccc(-c2nn(-c3ccccc3)cc2/C=C2/C(=O)N(CC3CCCO3)C(=O)C(C#N)=C2C)cc1Cl. The Morgan fingerprint density at radius 1 is 1.21 bits per heavy atom. The number of nitriles is 1. The summed E-state index contributed by atoms with van der Waals surface area (Å²) in [5.74, 6) is -0.529. The molecular weight excluding hydrogens is 504 g/mol. The molecule has 1 saturated heterocycles. The van der Waals surface area contributed by atoms with E-state index in [1.54, 1.807) is 36.9 Å². The molecule has 3 heterocycles. The summed E-state index contributed by atoms with van der Waals surface area (Å²) in [4.78, 5) is 27.8. The van der Waals surface area contributed by atoms with Gasteiger partial charge in [-0.25, -0.2) is 4.68 Å². The number of benzene rings is 2. The third-order valence-electron chi connectivity index (χ3n) is 6.72. The summed E-state index contributed by atoms with van der Waals surface area (Å²) in [6.45, 7) is 2.32. The minimum absolute atomic E-state index is 0.0571. The van der Waals surface area contributed by atoms with Crippen molar-refractivity contribution in [2.24, 2.45) is 0 Å². The fourth-order valence-corrected chi connectivity index (χ4v) is 4.94. The van der Waals surface area contributed by atoms with Gasteiger partial charge in [-0.2, -0.15) is 10.4 Å². The number of aromatic nitrogens is 2. The van der Waals surface area contributed by atoms with Crippen LogP contribution in [0.4, 0.5) is 0 Å². The van der Waals surface area contributed by atoms with E-state index in [4.69, 9.17) is 26.2 Å². The van der Waals surface area contributed by atoms with Crippen LogP contribution in [0.3, 0.4) is 0 Å². The molecule has 2 aliphatic rings. The first-order chi connectivity index (χ1) is 18.4. The van der Waals surface area contributed by atoms with Crippen LogP contribution in [0.15, 0.2) is 71.4 Å². The highest BCUT2D eigenvalue weighted by Gasteiger charge is 2.37. The predicted molar refractivity (Wildman–Crippen MR) is 143 cm³/mol. The number of ether oxygens (including phenoxy) is 2. The maximum atomic E-state index is 13.6. The highest BCUT2D eigenvalue weighted by molar-refractivity contribution is 6.32. The molecular formula is C29H25ClN4O4. The molecule has 192 valence electrons. The van der Waals surface area contributed by atoms with Crippen LogP contribution in [0.2, 0.25) is 5.02 Å². The second-order valence-electron chi connectivity index (χ2n) is 9.09. The van der Waals surface area contributed by atoms with Crippen LogP contribution in [0, 0.1) is 11.3 Å². The summed E-state index contributed by atoms with van der Waals surface area (Å²) >= 11 is 6.42. The Morgan fingerprint density at radius 2 is 2.00 bits per heavy atom. The van der Waals surface area contributed by atoms with Crippen molar-refractivity contribution in [2.45, 2.75) is 25.9 Å². The fraction of sp³-hybridized carbons (Fsp3) is 0.241. The Morgan fingerprint density at radius 3 is 2.66 bits per heavy atom. The average molecular weight is 529 g/mol. The first kappa shape index (κ1) is 25.5. The van der Waals surface area contributed by atoms with Crippen molar-refractivity contribution in [3.8, 4) is 28.8 Å². The van der Waals surface area contributed by atoms with E-state index < -0.39 is 11.8 Å². The van der Waals surface area contributed by atoms with Crippen molar-refractivity contribution in [1.82, 2.24) is 14.7 Å². The molecule has 0 aliphatic carbocycles. The third kappa shape index (κ3) is 4.74. The van der Waals surface area contributed by atoms with Crippen molar-refractivity contribution < 1.29 is 19.1 Å². The monoisotopic (exact) mass is 528 g/mol. The van der Waals surface area contributed by atoms with Crippen LogP contribution >= 0.6 is 11.6 Å². The minimum atomic E-state index is -0.593. The molecule has 1 aromatic heterocycles. The van der Waals surface area contributed by atoms with Gasteiger partial charge in [0, 0.05) is 29.5 Å². The lowest BCUT2D eigenvalue weighted by Gasteiger charge is -2.29. The molecule has 2 aliphatic heterocycles. The normalized spacial score (nSPS) is 18.8. The molecule has 2 amide bonds. The number of nitrogens with zero attached hydrogens (tertiary/aromatic N) is 4. The molecule has 0 N–H and O–H groups in total. The van der Waals surface area contributed by atoms with E-state index in [2.05, 4.69) is 0 Å².